The van der Waals surface area contributed by atoms with Gasteiger partial charge in [0.25, 0.3) is 5.56 Å². The Bertz CT molecular complexity index is 1030. The largest absolute Gasteiger partial charge is 0.460 e. The number of carbonyl (C=O) groups excluding carboxylic acids is 1. The maximum Gasteiger partial charge on any atom is 0.306 e. The Morgan fingerprint density at radius 1 is 1.23 bits per heavy atom. The number of nitrogens with one attached hydrogen (secondary N) is 1. The van der Waals surface area contributed by atoms with Crippen LogP contribution >= 0.6 is 0 Å². The van der Waals surface area contributed by atoms with Crippen molar-refractivity contribution in [3.05, 3.63) is 28.2 Å². The minimum Gasteiger partial charge on any atom is -0.460 e. The number of rotatable bonds is 7. The average molecular weight is 427 g/mol. The van der Waals surface area contributed by atoms with Crippen LogP contribution in [0.3, 0.4) is 0 Å². The number of aryl methyl sites for hydroxylation is 1. The van der Waals surface area contributed by atoms with Gasteiger partial charge in [0, 0.05) is 13.5 Å². The smallest absolute Gasteiger partial charge is 0.306 e. The molecule has 168 valence electrons. The molecule has 2 aliphatic rings. The Hall–Kier alpha value is -2.44. The van der Waals surface area contributed by atoms with Crippen LogP contribution in [0, 0.1) is 5.92 Å². The fourth-order valence-corrected chi connectivity index (χ4v) is 5.02. The second-order valence-corrected chi connectivity index (χ2v) is 10.0. The predicted molar refractivity (Wildman–Crippen MR) is 121 cm³/mol. The minimum atomic E-state index is -0.499. The SMILES string of the molecule is CNc1ccc2nc(CCCC(=O)OC(C)(C)C)c(=O)n(C3(C4CCCC4)CC3)c2n1. The second-order valence-electron chi connectivity index (χ2n) is 10.0. The zero-order valence-corrected chi connectivity index (χ0v) is 19.2. The highest BCUT2D eigenvalue weighted by atomic mass is 16.6. The van der Waals surface area contributed by atoms with Crippen LogP contribution in [0.15, 0.2) is 16.9 Å². The van der Waals surface area contributed by atoms with E-state index in [1.165, 1.54) is 25.7 Å². The maximum atomic E-state index is 13.7. The Labute approximate surface area is 183 Å². The number of pyridine rings is 1. The quantitative estimate of drug-likeness (QED) is 0.669. The molecule has 0 unspecified atom stereocenters. The number of ether oxygens (including phenoxy) is 1. The van der Waals surface area contributed by atoms with Crippen LogP contribution in [0.25, 0.3) is 11.2 Å². The number of carbonyl (C=O) groups is 1. The van der Waals surface area contributed by atoms with E-state index in [1.807, 2.05) is 44.5 Å². The van der Waals surface area contributed by atoms with Gasteiger partial charge in [0.05, 0.1) is 5.54 Å². The first-order valence-electron chi connectivity index (χ1n) is 11.6. The first-order chi connectivity index (χ1) is 14.7. The van der Waals surface area contributed by atoms with Crippen molar-refractivity contribution in [2.75, 3.05) is 12.4 Å². The molecule has 0 atom stereocenters. The molecule has 7 heteroatoms. The predicted octanol–water partition coefficient (Wildman–Crippen LogP) is 4.18. The Kier molecular flexibility index (Phi) is 5.79. The summed E-state index contributed by atoms with van der Waals surface area (Å²) in [4.78, 5) is 35.2. The second kappa shape index (κ2) is 8.24. The van der Waals surface area contributed by atoms with Gasteiger partial charge < -0.3 is 10.1 Å². The highest BCUT2D eigenvalue weighted by molar-refractivity contribution is 5.73. The van der Waals surface area contributed by atoms with Crippen molar-refractivity contribution in [3.63, 3.8) is 0 Å². The summed E-state index contributed by atoms with van der Waals surface area (Å²) in [5, 5.41) is 3.08. The summed E-state index contributed by atoms with van der Waals surface area (Å²) >= 11 is 0. The first-order valence-corrected chi connectivity index (χ1v) is 11.6. The third-order valence-electron chi connectivity index (χ3n) is 6.57. The molecule has 7 nitrogen and oxygen atoms in total. The number of hydrogen-bond donors (Lipinski definition) is 1. The monoisotopic (exact) mass is 426 g/mol. The van der Waals surface area contributed by atoms with Crippen LogP contribution in [0.2, 0.25) is 0 Å². The highest BCUT2D eigenvalue weighted by Gasteiger charge is 2.53. The summed E-state index contributed by atoms with van der Waals surface area (Å²) in [6.07, 6.45) is 8.17. The molecular weight excluding hydrogens is 392 g/mol. The van der Waals surface area contributed by atoms with Crippen molar-refractivity contribution in [2.24, 2.45) is 5.92 Å². The first kappa shape index (κ1) is 21.8. The van der Waals surface area contributed by atoms with E-state index in [0.717, 1.165) is 24.2 Å². The van der Waals surface area contributed by atoms with Crippen LogP contribution in [0.4, 0.5) is 5.82 Å². The molecule has 4 rings (SSSR count). The molecule has 0 aromatic carbocycles. The van der Waals surface area contributed by atoms with Crippen LogP contribution < -0.4 is 10.9 Å². The molecule has 0 amide bonds. The van der Waals surface area contributed by atoms with Crippen molar-refractivity contribution >= 4 is 23.0 Å². The molecule has 0 aliphatic heterocycles. The van der Waals surface area contributed by atoms with Gasteiger partial charge in [0.1, 0.15) is 22.6 Å². The van der Waals surface area contributed by atoms with Crippen LogP contribution in [-0.4, -0.2) is 33.2 Å². The number of esters is 1. The van der Waals surface area contributed by atoms with E-state index in [1.54, 1.807) is 0 Å². The van der Waals surface area contributed by atoms with E-state index in [4.69, 9.17) is 9.72 Å². The van der Waals surface area contributed by atoms with Gasteiger partial charge in [-0.05, 0) is 77.3 Å². The lowest BCUT2D eigenvalue weighted by Gasteiger charge is -2.27. The zero-order chi connectivity index (χ0) is 22.2. The molecule has 2 aromatic rings. The van der Waals surface area contributed by atoms with Gasteiger partial charge in [-0.1, -0.05) is 12.8 Å². The molecule has 0 bridgehead atoms. The summed E-state index contributed by atoms with van der Waals surface area (Å²) in [5.41, 5.74) is 1.29. The van der Waals surface area contributed by atoms with E-state index in [-0.39, 0.29) is 23.5 Å². The summed E-state index contributed by atoms with van der Waals surface area (Å²) in [6, 6.07) is 3.83. The molecule has 2 aromatic heterocycles. The zero-order valence-electron chi connectivity index (χ0n) is 19.2. The molecule has 0 spiro atoms. The number of hydrogen-bond acceptors (Lipinski definition) is 6. The average Bonchev–Trinajstić information content (AvgIpc) is 3.30. The van der Waals surface area contributed by atoms with Gasteiger partial charge in [-0.25, -0.2) is 9.97 Å². The van der Waals surface area contributed by atoms with Crippen molar-refractivity contribution in [1.29, 1.82) is 0 Å². The van der Waals surface area contributed by atoms with Crippen LogP contribution in [-0.2, 0) is 21.5 Å². The van der Waals surface area contributed by atoms with Crippen LogP contribution in [0.5, 0.6) is 0 Å². The summed E-state index contributed by atoms with van der Waals surface area (Å²) in [6.45, 7) is 5.58. The Balaban J connectivity index is 1.67. The molecule has 0 saturated heterocycles. The lowest BCUT2D eigenvalue weighted by Crippen LogP contribution is -2.38. The molecule has 0 radical (unpaired) electrons. The summed E-state index contributed by atoms with van der Waals surface area (Å²) < 4.78 is 7.36. The standard InChI is InChI=1S/C24H34N4O3/c1-23(2,3)31-20(29)11-7-10-18-22(30)28(24(14-15-24)16-8-5-6-9-16)21-17(26-18)12-13-19(25-4)27-21/h12-13,16H,5-11,14-15H2,1-4H3,(H,25,27). The van der Waals surface area contributed by atoms with E-state index < -0.39 is 5.60 Å². The molecular formula is C24H34N4O3. The minimum absolute atomic E-state index is 0.0400. The normalized spacial score (nSPS) is 18.3. The van der Waals surface area contributed by atoms with Crippen molar-refractivity contribution in [1.82, 2.24) is 14.5 Å². The Morgan fingerprint density at radius 3 is 2.55 bits per heavy atom. The Morgan fingerprint density at radius 2 is 1.94 bits per heavy atom. The molecule has 2 heterocycles. The van der Waals surface area contributed by atoms with E-state index in [9.17, 15) is 9.59 Å². The molecule has 31 heavy (non-hydrogen) atoms. The van der Waals surface area contributed by atoms with Gasteiger partial charge in [-0.15, -0.1) is 0 Å². The van der Waals surface area contributed by atoms with E-state index in [2.05, 4.69) is 10.3 Å². The molecule has 2 aliphatic carbocycles. The van der Waals surface area contributed by atoms with Gasteiger partial charge in [0.2, 0.25) is 0 Å². The van der Waals surface area contributed by atoms with Crippen LogP contribution in [0.1, 0.15) is 77.8 Å². The summed E-state index contributed by atoms with van der Waals surface area (Å²) in [5.74, 6) is 1.03. The van der Waals surface area contributed by atoms with Crippen molar-refractivity contribution in [3.8, 4) is 0 Å². The topological polar surface area (TPSA) is 86.1 Å². The fourth-order valence-electron chi connectivity index (χ4n) is 5.02. The number of aromatic nitrogens is 3. The highest BCUT2D eigenvalue weighted by Crippen LogP contribution is 2.55. The fraction of sp³-hybridized carbons (Fsp3) is 0.667. The number of nitrogens with zero attached hydrogens (tertiary/aromatic N) is 3. The van der Waals surface area contributed by atoms with Crippen molar-refractivity contribution < 1.29 is 9.53 Å². The number of fused-ring (bicyclic) bond motifs is 1. The van der Waals surface area contributed by atoms with Gasteiger partial charge in [0.15, 0.2) is 5.65 Å². The van der Waals surface area contributed by atoms with Gasteiger partial charge in [-0.3, -0.25) is 14.2 Å². The van der Waals surface area contributed by atoms with Gasteiger partial charge >= 0.3 is 5.97 Å². The third-order valence-corrected chi connectivity index (χ3v) is 6.57. The van der Waals surface area contributed by atoms with Crippen molar-refractivity contribution in [2.45, 2.75) is 89.7 Å². The lowest BCUT2D eigenvalue weighted by atomic mass is 9.95. The summed E-state index contributed by atoms with van der Waals surface area (Å²) in [7, 11) is 1.83. The molecule has 2 saturated carbocycles. The van der Waals surface area contributed by atoms with E-state index >= 15 is 0 Å². The molecule has 1 N–H and O–H groups in total. The maximum absolute atomic E-state index is 13.7. The molecule has 2 fully saturated rings. The third kappa shape index (κ3) is 4.46. The van der Waals surface area contributed by atoms with E-state index in [0.29, 0.717) is 30.1 Å². The lowest BCUT2D eigenvalue weighted by molar-refractivity contribution is -0.154. The van der Waals surface area contributed by atoms with Gasteiger partial charge in [-0.2, -0.15) is 0 Å². The number of anilines is 1.